The van der Waals surface area contributed by atoms with E-state index in [2.05, 4.69) is 5.32 Å². The Bertz CT molecular complexity index is 762. The summed E-state index contributed by atoms with van der Waals surface area (Å²) < 4.78 is 5.00. The fraction of sp³-hybridized carbons (Fsp3) is 0.222. The normalized spacial score (nSPS) is 11.6. The SMILES string of the molecule is Cc1ccccc1C(C)NC(=O)COC(=O)c1cccc(Cl)c1N. The van der Waals surface area contributed by atoms with Crippen molar-refractivity contribution in [2.75, 3.05) is 12.3 Å². The van der Waals surface area contributed by atoms with E-state index in [9.17, 15) is 9.59 Å². The number of carbonyl (C=O) groups is 2. The van der Waals surface area contributed by atoms with Crippen LogP contribution < -0.4 is 11.1 Å². The smallest absolute Gasteiger partial charge is 0.340 e. The second-order valence-corrected chi connectivity index (χ2v) is 5.83. The number of nitrogens with two attached hydrogens (primary N) is 1. The molecule has 1 unspecified atom stereocenters. The average molecular weight is 347 g/mol. The summed E-state index contributed by atoms with van der Waals surface area (Å²) in [6, 6.07) is 12.2. The summed E-state index contributed by atoms with van der Waals surface area (Å²) in [6.07, 6.45) is 0. The van der Waals surface area contributed by atoms with E-state index in [4.69, 9.17) is 22.1 Å². The van der Waals surface area contributed by atoms with Crippen LogP contribution >= 0.6 is 11.6 Å². The van der Waals surface area contributed by atoms with Crippen LogP contribution in [0.25, 0.3) is 0 Å². The Morgan fingerprint density at radius 3 is 2.62 bits per heavy atom. The Kier molecular flexibility index (Phi) is 5.82. The molecule has 1 amide bonds. The van der Waals surface area contributed by atoms with Crippen LogP contribution in [0.2, 0.25) is 5.02 Å². The molecule has 24 heavy (non-hydrogen) atoms. The largest absolute Gasteiger partial charge is 0.452 e. The highest BCUT2D eigenvalue weighted by Crippen LogP contribution is 2.23. The van der Waals surface area contributed by atoms with E-state index in [1.54, 1.807) is 12.1 Å². The molecule has 2 aromatic rings. The molecule has 0 aromatic heterocycles. The highest BCUT2D eigenvalue weighted by molar-refractivity contribution is 6.33. The third-order valence-corrected chi connectivity index (χ3v) is 3.97. The van der Waals surface area contributed by atoms with Gasteiger partial charge >= 0.3 is 5.97 Å². The average Bonchev–Trinajstić information content (AvgIpc) is 2.55. The molecule has 126 valence electrons. The number of ether oxygens (including phenoxy) is 1. The molecule has 0 aliphatic rings. The zero-order valence-electron chi connectivity index (χ0n) is 13.5. The van der Waals surface area contributed by atoms with E-state index in [1.807, 2.05) is 38.1 Å². The quantitative estimate of drug-likeness (QED) is 0.643. The van der Waals surface area contributed by atoms with Crippen molar-refractivity contribution < 1.29 is 14.3 Å². The summed E-state index contributed by atoms with van der Waals surface area (Å²) >= 11 is 5.86. The van der Waals surface area contributed by atoms with Gasteiger partial charge in [-0.1, -0.05) is 41.9 Å². The molecule has 2 aromatic carbocycles. The van der Waals surface area contributed by atoms with Gasteiger partial charge in [-0.25, -0.2) is 4.79 Å². The van der Waals surface area contributed by atoms with Crippen molar-refractivity contribution in [3.05, 3.63) is 64.2 Å². The molecule has 0 aliphatic carbocycles. The number of nitrogens with one attached hydrogen (secondary N) is 1. The van der Waals surface area contributed by atoms with Crippen molar-refractivity contribution in [2.45, 2.75) is 19.9 Å². The van der Waals surface area contributed by atoms with E-state index in [1.165, 1.54) is 6.07 Å². The number of rotatable bonds is 5. The number of carbonyl (C=O) groups excluding carboxylic acids is 2. The molecule has 0 bridgehead atoms. The summed E-state index contributed by atoms with van der Waals surface area (Å²) in [6.45, 7) is 3.46. The number of nitrogen functional groups attached to an aromatic ring is 1. The second-order valence-electron chi connectivity index (χ2n) is 5.42. The van der Waals surface area contributed by atoms with Crippen molar-refractivity contribution in [2.24, 2.45) is 0 Å². The Hall–Kier alpha value is -2.53. The number of hydrogen-bond donors (Lipinski definition) is 2. The van der Waals surface area contributed by atoms with Gasteiger partial charge in [0, 0.05) is 0 Å². The molecule has 5 nitrogen and oxygen atoms in total. The summed E-state index contributed by atoms with van der Waals surface area (Å²) in [5.41, 5.74) is 8.10. The first kappa shape index (κ1) is 17.8. The van der Waals surface area contributed by atoms with Gasteiger partial charge < -0.3 is 15.8 Å². The van der Waals surface area contributed by atoms with Crippen LogP contribution in [0.15, 0.2) is 42.5 Å². The third-order valence-electron chi connectivity index (χ3n) is 3.64. The van der Waals surface area contributed by atoms with Crippen LogP contribution in [0.5, 0.6) is 0 Å². The van der Waals surface area contributed by atoms with Crippen molar-refractivity contribution in [3.8, 4) is 0 Å². The number of amides is 1. The van der Waals surface area contributed by atoms with E-state index in [0.717, 1.165) is 11.1 Å². The van der Waals surface area contributed by atoms with Crippen molar-refractivity contribution in [1.29, 1.82) is 0 Å². The molecule has 0 saturated heterocycles. The van der Waals surface area contributed by atoms with Crippen LogP contribution in [0.1, 0.15) is 34.5 Å². The molecule has 0 heterocycles. The zero-order chi connectivity index (χ0) is 17.7. The number of hydrogen-bond acceptors (Lipinski definition) is 4. The van der Waals surface area contributed by atoms with Gasteiger partial charge in [-0.05, 0) is 37.1 Å². The minimum Gasteiger partial charge on any atom is -0.452 e. The van der Waals surface area contributed by atoms with Crippen molar-refractivity contribution in [3.63, 3.8) is 0 Å². The predicted molar refractivity (Wildman–Crippen MR) is 93.9 cm³/mol. The first-order valence-corrected chi connectivity index (χ1v) is 7.84. The molecule has 0 aliphatic heterocycles. The minimum absolute atomic E-state index is 0.137. The van der Waals surface area contributed by atoms with Gasteiger partial charge in [0.25, 0.3) is 5.91 Å². The molecule has 6 heteroatoms. The Morgan fingerprint density at radius 1 is 1.21 bits per heavy atom. The number of esters is 1. The van der Waals surface area contributed by atoms with Crippen molar-refractivity contribution in [1.82, 2.24) is 5.32 Å². The van der Waals surface area contributed by atoms with Crippen LogP contribution in [0.4, 0.5) is 5.69 Å². The van der Waals surface area contributed by atoms with Crippen LogP contribution in [0, 0.1) is 6.92 Å². The van der Waals surface area contributed by atoms with Crippen LogP contribution in [-0.4, -0.2) is 18.5 Å². The number of aryl methyl sites for hydroxylation is 1. The molecule has 1 atom stereocenters. The van der Waals surface area contributed by atoms with E-state index >= 15 is 0 Å². The third kappa shape index (κ3) is 4.26. The maximum atomic E-state index is 12.0. The molecule has 0 fully saturated rings. The fourth-order valence-electron chi connectivity index (χ4n) is 2.36. The number of benzene rings is 2. The number of halogens is 1. The monoisotopic (exact) mass is 346 g/mol. The number of para-hydroxylation sites is 1. The van der Waals surface area contributed by atoms with Gasteiger partial charge in [0.1, 0.15) is 0 Å². The Balaban J connectivity index is 1.92. The fourth-order valence-corrected chi connectivity index (χ4v) is 2.53. The maximum absolute atomic E-state index is 12.0. The van der Waals surface area contributed by atoms with Crippen LogP contribution in [-0.2, 0) is 9.53 Å². The van der Waals surface area contributed by atoms with Gasteiger partial charge in [0.15, 0.2) is 6.61 Å². The standard InChI is InChI=1S/C18H19ClN2O3/c1-11-6-3-4-7-13(11)12(2)21-16(22)10-24-18(23)14-8-5-9-15(19)17(14)20/h3-9,12H,10,20H2,1-2H3,(H,21,22). The second kappa shape index (κ2) is 7.84. The van der Waals surface area contributed by atoms with Gasteiger partial charge in [-0.15, -0.1) is 0 Å². The molecule has 0 radical (unpaired) electrons. The highest BCUT2D eigenvalue weighted by Gasteiger charge is 2.16. The molecular weight excluding hydrogens is 328 g/mol. The lowest BCUT2D eigenvalue weighted by Crippen LogP contribution is -2.31. The molecule has 2 rings (SSSR count). The first-order valence-electron chi connectivity index (χ1n) is 7.46. The summed E-state index contributed by atoms with van der Waals surface area (Å²) in [7, 11) is 0. The highest BCUT2D eigenvalue weighted by atomic mass is 35.5. The summed E-state index contributed by atoms with van der Waals surface area (Å²) in [5, 5.41) is 3.06. The predicted octanol–water partition coefficient (Wildman–Crippen LogP) is 3.26. The topological polar surface area (TPSA) is 81.4 Å². The maximum Gasteiger partial charge on any atom is 0.340 e. The zero-order valence-corrected chi connectivity index (χ0v) is 14.3. The summed E-state index contributed by atoms with van der Waals surface area (Å²) in [4.78, 5) is 24.0. The van der Waals surface area contributed by atoms with Gasteiger partial charge in [0.2, 0.25) is 0 Å². The van der Waals surface area contributed by atoms with E-state index < -0.39 is 5.97 Å². The number of anilines is 1. The lowest BCUT2D eigenvalue weighted by atomic mass is 10.0. The van der Waals surface area contributed by atoms with E-state index in [-0.39, 0.29) is 34.8 Å². The minimum atomic E-state index is -0.686. The van der Waals surface area contributed by atoms with Gasteiger partial charge in [-0.3, -0.25) is 4.79 Å². The Morgan fingerprint density at radius 2 is 1.92 bits per heavy atom. The van der Waals surface area contributed by atoms with Crippen molar-refractivity contribution >= 4 is 29.2 Å². The molecule has 3 N–H and O–H groups in total. The lowest BCUT2D eigenvalue weighted by Gasteiger charge is -2.16. The molecular formula is C18H19ClN2O3. The molecule has 0 spiro atoms. The van der Waals surface area contributed by atoms with E-state index in [0.29, 0.717) is 0 Å². The molecule has 0 saturated carbocycles. The first-order chi connectivity index (χ1) is 11.4. The van der Waals surface area contributed by atoms with Crippen LogP contribution in [0.3, 0.4) is 0 Å². The lowest BCUT2D eigenvalue weighted by molar-refractivity contribution is -0.124. The Labute approximate surface area is 145 Å². The van der Waals surface area contributed by atoms with Gasteiger partial charge in [0.05, 0.1) is 22.3 Å². The summed E-state index contributed by atoms with van der Waals surface area (Å²) in [5.74, 6) is -1.08. The van der Waals surface area contributed by atoms with Gasteiger partial charge in [-0.2, -0.15) is 0 Å².